The van der Waals surface area contributed by atoms with Crippen LogP contribution in [0.4, 0.5) is 0 Å². The van der Waals surface area contributed by atoms with Crippen molar-refractivity contribution >= 4 is 23.4 Å². The first-order chi connectivity index (χ1) is 11.2. The molecule has 0 unspecified atom stereocenters. The lowest BCUT2D eigenvalue weighted by molar-refractivity contribution is -0.139. The highest BCUT2D eigenvalue weighted by molar-refractivity contribution is 7.13. The lowest BCUT2D eigenvalue weighted by Crippen LogP contribution is -2.01. The van der Waals surface area contributed by atoms with E-state index in [0.717, 1.165) is 16.0 Å². The predicted molar refractivity (Wildman–Crippen MR) is 87.6 cm³/mol. The molecule has 0 amide bonds. The van der Waals surface area contributed by atoms with Gasteiger partial charge in [0.05, 0.1) is 4.88 Å². The molecule has 116 valence electrons. The van der Waals surface area contributed by atoms with Crippen molar-refractivity contribution in [3.63, 3.8) is 0 Å². The van der Waals surface area contributed by atoms with Gasteiger partial charge >= 0.3 is 5.97 Å². The van der Waals surface area contributed by atoms with Gasteiger partial charge in [-0.05, 0) is 35.6 Å². The van der Waals surface area contributed by atoms with Gasteiger partial charge in [0.25, 0.3) is 5.89 Å². The van der Waals surface area contributed by atoms with Crippen LogP contribution in [-0.4, -0.2) is 16.1 Å². The highest BCUT2D eigenvalue weighted by atomic mass is 32.1. The maximum atomic E-state index is 11.7. The summed E-state index contributed by atoms with van der Waals surface area (Å²) in [4.78, 5) is 16.8. The summed E-state index contributed by atoms with van der Waals surface area (Å²) in [5.41, 5.74) is 2.07. The third kappa shape index (κ3) is 3.92. The van der Waals surface area contributed by atoms with Crippen molar-refractivity contribution in [1.82, 2.24) is 10.1 Å². The number of carbonyl (C=O) groups excluding carboxylic acids is 1. The normalized spacial score (nSPS) is 11.0. The molecule has 3 aromatic rings. The molecule has 0 radical (unpaired) electrons. The fourth-order valence-corrected chi connectivity index (χ4v) is 2.58. The van der Waals surface area contributed by atoms with Gasteiger partial charge in [0, 0.05) is 6.08 Å². The molecule has 0 atom stereocenters. The van der Waals surface area contributed by atoms with Gasteiger partial charge in [-0.2, -0.15) is 4.98 Å². The maximum absolute atomic E-state index is 11.7. The molecule has 0 bridgehead atoms. The van der Waals surface area contributed by atoms with Crippen LogP contribution in [0.3, 0.4) is 0 Å². The van der Waals surface area contributed by atoms with E-state index in [4.69, 9.17) is 9.26 Å². The van der Waals surface area contributed by atoms with Crippen molar-refractivity contribution in [1.29, 1.82) is 0 Å². The molecule has 2 heterocycles. The van der Waals surface area contributed by atoms with Crippen molar-refractivity contribution in [3.8, 4) is 10.7 Å². The van der Waals surface area contributed by atoms with Crippen LogP contribution in [0.15, 0.2) is 52.4 Å². The zero-order valence-corrected chi connectivity index (χ0v) is 13.2. The third-order valence-electron chi connectivity index (χ3n) is 3.13. The number of carbonyl (C=O) groups is 1. The monoisotopic (exact) mass is 326 g/mol. The second-order valence-electron chi connectivity index (χ2n) is 4.79. The number of benzene rings is 1. The fourth-order valence-electron chi connectivity index (χ4n) is 1.93. The van der Waals surface area contributed by atoms with Crippen LogP contribution >= 0.6 is 11.3 Å². The van der Waals surface area contributed by atoms with E-state index in [1.807, 2.05) is 48.7 Å². The van der Waals surface area contributed by atoms with Crippen molar-refractivity contribution in [2.75, 3.05) is 0 Å². The van der Waals surface area contributed by atoms with Crippen LogP contribution in [0.2, 0.25) is 0 Å². The van der Waals surface area contributed by atoms with E-state index >= 15 is 0 Å². The molecule has 23 heavy (non-hydrogen) atoms. The summed E-state index contributed by atoms with van der Waals surface area (Å²) in [5.74, 6) is 0.316. The fraction of sp³-hybridized carbons (Fsp3) is 0.118. The summed E-state index contributed by atoms with van der Waals surface area (Å²) in [6.07, 6.45) is 3.11. The molecule has 6 heteroatoms. The van der Waals surface area contributed by atoms with Crippen molar-refractivity contribution in [3.05, 3.63) is 64.9 Å². The van der Waals surface area contributed by atoms with Crippen LogP contribution in [-0.2, 0) is 16.1 Å². The van der Waals surface area contributed by atoms with E-state index in [9.17, 15) is 4.79 Å². The molecule has 0 spiro atoms. The first kappa shape index (κ1) is 15.2. The van der Waals surface area contributed by atoms with Crippen molar-refractivity contribution < 1.29 is 14.1 Å². The molecule has 0 saturated carbocycles. The van der Waals surface area contributed by atoms with Crippen LogP contribution in [0, 0.1) is 6.92 Å². The summed E-state index contributed by atoms with van der Waals surface area (Å²) in [7, 11) is 0. The van der Waals surface area contributed by atoms with Gasteiger partial charge in [-0.3, -0.25) is 0 Å². The van der Waals surface area contributed by atoms with E-state index in [2.05, 4.69) is 10.1 Å². The molecule has 0 aliphatic heterocycles. The van der Waals surface area contributed by atoms with Gasteiger partial charge in [-0.15, -0.1) is 11.3 Å². The molecular formula is C17H14N2O3S. The van der Waals surface area contributed by atoms with Gasteiger partial charge in [0.1, 0.15) is 0 Å². The molecule has 0 saturated heterocycles. The predicted octanol–water partition coefficient (Wildman–Crippen LogP) is 3.86. The summed E-state index contributed by atoms with van der Waals surface area (Å²) in [5, 5.41) is 5.79. The molecule has 5 nitrogen and oxygen atoms in total. The largest absolute Gasteiger partial charge is 0.452 e. The average Bonchev–Trinajstić information content (AvgIpc) is 3.23. The summed E-state index contributed by atoms with van der Waals surface area (Å²) in [6, 6.07) is 11.6. The number of rotatable bonds is 5. The second kappa shape index (κ2) is 7.02. The van der Waals surface area contributed by atoms with Gasteiger partial charge in [0.2, 0.25) is 5.82 Å². The van der Waals surface area contributed by atoms with Crippen LogP contribution in [0.25, 0.3) is 16.8 Å². The van der Waals surface area contributed by atoms with Crippen molar-refractivity contribution in [2.24, 2.45) is 0 Å². The Balaban J connectivity index is 1.56. The molecule has 2 aromatic heterocycles. The van der Waals surface area contributed by atoms with Crippen LogP contribution in [0.1, 0.15) is 17.0 Å². The van der Waals surface area contributed by atoms with E-state index in [1.54, 1.807) is 6.08 Å². The number of ether oxygens (including phenoxy) is 1. The van der Waals surface area contributed by atoms with Gasteiger partial charge < -0.3 is 9.26 Å². The van der Waals surface area contributed by atoms with Crippen LogP contribution in [0.5, 0.6) is 0 Å². The highest BCUT2D eigenvalue weighted by Crippen LogP contribution is 2.21. The SMILES string of the molecule is Cc1ccccc1/C=C/C(=O)OCc1nc(-c2cccs2)no1. The number of nitrogens with zero attached hydrogens (tertiary/aromatic N) is 2. The molecule has 0 fully saturated rings. The molecule has 0 aliphatic rings. The van der Waals surface area contributed by atoms with E-state index in [0.29, 0.717) is 5.82 Å². The number of esters is 1. The topological polar surface area (TPSA) is 65.2 Å². The first-order valence-corrected chi connectivity index (χ1v) is 7.87. The number of hydrogen-bond donors (Lipinski definition) is 0. The standard InChI is InChI=1S/C17H14N2O3S/c1-12-5-2-3-6-13(12)8-9-16(20)21-11-15-18-17(19-22-15)14-7-4-10-23-14/h2-10H,11H2,1H3/b9-8+. The molecular weight excluding hydrogens is 312 g/mol. The molecule has 3 rings (SSSR count). The summed E-state index contributed by atoms with van der Waals surface area (Å²) < 4.78 is 10.2. The minimum atomic E-state index is -0.455. The number of aryl methyl sites for hydroxylation is 1. The quantitative estimate of drug-likeness (QED) is 0.526. The molecule has 0 aliphatic carbocycles. The van der Waals surface area contributed by atoms with E-state index < -0.39 is 5.97 Å². The Hall–Kier alpha value is -2.73. The lowest BCUT2D eigenvalue weighted by Gasteiger charge is -1.99. The van der Waals surface area contributed by atoms with Crippen molar-refractivity contribution in [2.45, 2.75) is 13.5 Å². The zero-order chi connectivity index (χ0) is 16.1. The number of hydrogen-bond acceptors (Lipinski definition) is 6. The minimum absolute atomic E-state index is 0.0463. The number of thiophene rings is 1. The van der Waals surface area contributed by atoms with Gasteiger partial charge in [-0.1, -0.05) is 35.5 Å². The lowest BCUT2D eigenvalue weighted by atomic mass is 10.1. The summed E-state index contributed by atoms with van der Waals surface area (Å²) >= 11 is 1.52. The second-order valence-corrected chi connectivity index (χ2v) is 5.73. The first-order valence-electron chi connectivity index (χ1n) is 6.99. The Morgan fingerprint density at radius 3 is 2.96 bits per heavy atom. The Bertz CT molecular complexity index is 822. The average molecular weight is 326 g/mol. The van der Waals surface area contributed by atoms with E-state index in [-0.39, 0.29) is 12.5 Å². The zero-order valence-electron chi connectivity index (χ0n) is 12.4. The third-order valence-corrected chi connectivity index (χ3v) is 4.00. The van der Waals surface area contributed by atoms with Gasteiger partial charge in [0.15, 0.2) is 6.61 Å². The van der Waals surface area contributed by atoms with Gasteiger partial charge in [-0.25, -0.2) is 4.79 Å². The minimum Gasteiger partial charge on any atom is -0.452 e. The number of aromatic nitrogens is 2. The Morgan fingerprint density at radius 1 is 1.30 bits per heavy atom. The highest BCUT2D eigenvalue weighted by Gasteiger charge is 2.10. The Kier molecular flexibility index (Phi) is 4.63. The molecule has 1 aromatic carbocycles. The smallest absolute Gasteiger partial charge is 0.331 e. The van der Waals surface area contributed by atoms with E-state index in [1.165, 1.54) is 17.4 Å². The Labute approximate surface area is 137 Å². The van der Waals surface area contributed by atoms with Crippen LogP contribution < -0.4 is 0 Å². The Morgan fingerprint density at radius 2 is 2.17 bits per heavy atom. The molecule has 0 N–H and O–H groups in total. The maximum Gasteiger partial charge on any atom is 0.331 e. The summed E-state index contributed by atoms with van der Waals surface area (Å²) in [6.45, 7) is 1.94.